The minimum atomic E-state index is 0.763. The van der Waals surface area contributed by atoms with Gasteiger partial charge in [0.1, 0.15) is 0 Å². The van der Waals surface area contributed by atoms with Gasteiger partial charge in [0.25, 0.3) is 0 Å². The zero-order chi connectivity index (χ0) is 18.8. The van der Waals surface area contributed by atoms with Gasteiger partial charge in [-0.05, 0) is 71.9 Å². The molecule has 0 amide bonds. The highest BCUT2D eigenvalue weighted by Crippen LogP contribution is 2.38. The van der Waals surface area contributed by atoms with Crippen LogP contribution in [0.1, 0.15) is 55.2 Å². The third-order valence-electron chi connectivity index (χ3n) is 6.33. The standard InChI is InChI=1S/C27H30/c1-19-4-8-22(9-5-19)23-12-14-24(15-13-23)26-16-17-27(21(3)18-26)25-10-6-20(2)7-11-25/h4-5,8-9,12-18,20,25H,6-7,10-11H2,1-3H3. The van der Waals surface area contributed by atoms with Crippen molar-refractivity contribution in [1.29, 1.82) is 0 Å². The van der Waals surface area contributed by atoms with Crippen molar-refractivity contribution < 1.29 is 0 Å². The first-order chi connectivity index (χ1) is 13.1. The maximum Gasteiger partial charge on any atom is -0.0159 e. The molecule has 1 aliphatic carbocycles. The molecule has 3 aromatic rings. The average Bonchev–Trinajstić information content (AvgIpc) is 2.69. The van der Waals surface area contributed by atoms with Crippen molar-refractivity contribution in [3.63, 3.8) is 0 Å². The van der Waals surface area contributed by atoms with Gasteiger partial charge in [0.2, 0.25) is 0 Å². The van der Waals surface area contributed by atoms with Gasteiger partial charge < -0.3 is 0 Å². The van der Waals surface area contributed by atoms with Crippen LogP contribution in [0.2, 0.25) is 0 Å². The van der Waals surface area contributed by atoms with Crippen LogP contribution in [0, 0.1) is 19.8 Å². The predicted molar refractivity (Wildman–Crippen MR) is 117 cm³/mol. The van der Waals surface area contributed by atoms with Crippen LogP contribution in [0.15, 0.2) is 66.7 Å². The molecule has 0 aromatic heterocycles. The van der Waals surface area contributed by atoms with Gasteiger partial charge >= 0.3 is 0 Å². The molecule has 1 fully saturated rings. The number of benzene rings is 3. The highest BCUT2D eigenvalue weighted by atomic mass is 14.3. The van der Waals surface area contributed by atoms with Crippen LogP contribution >= 0.6 is 0 Å². The molecule has 0 unspecified atom stereocenters. The minimum absolute atomic E-state index is 0.763. The van der Waals surface area contributed by atoms with Crippen LogP contribution in [0.4, 0.5) is 0 Å². The van der Waals surface area contributed by atoms with E-state index in [1.807, 2.05) is 0 Å². The molecule has 27 heavy (non-hydrogen) atoms. The lowest BCUT2D eigenvalue weighted by atomic mass is 9.78. The van der Waals surface area contributed by atoms with E-state index < -0.39 is 0 Å². The van der Waals surface area contributed by atoms with E-state index in [0.717, 1.165) is 11.8 Å². The number of hydrogen-bond acceptors (Lipinski definition) is 0. The zero-order valence-corrected chi connectivity index (χ0v) is 16.8. The highest BCUT2D eigenvalue weighted by molar-refractivity contribution is 5.71. The summed E-state index contributed by atoms with van der Waals surface area (Å²) < 4.78 is 0. The molecule has 1 saturated carbocycles. The molecule has 0 aliphatic heterocycles. The molecule has 0 nitrogen and oxygen atoms in total. The molecule has 0 saturated heterocycles. The summed E-state index contributed by atoms with van der Waals surface area (Å²) in [6.07, 6.45) is 5.47. The van der Waals surface area contributed by atoms with Crippen molar-refractivity contribution in [1.82, 2.24) is 0 Å². The van der Waals surface area contributed by atoms with Gasteiger partial charge in [-0.3, -0.25) is 0 Å². The van der Waals surface area contributed by atoms with E-state index in [1.165, 1.54) is 59.1 Å². The van der Waals surface area contributed by atoms with Crippen molar-refractivity contribution in [2.45, 2.75) is 52.4 Å². The molecule has 0 N–H and O–H groups in total. The second kappa shape index (κ2) is 7.72. The topological polar surface area (TPSA) is 0 Å². The summed E-state index contributed by atoms with van der Waals surface area (Å²) in [6.45, 7) is 6.82. The predicted octanol–water partition coefficient (Wildman–Crippen LogP) is 7.93. The second-order valence-corrected chi connectivity index (χ2v) is 8.47. The molecule has 1 aliphatic rings. The van der Waals surface area contributed by atoms with Crippen LogP contribution in [-0.4, -0.2) is 0 Å². The monoisotopic (exact) mass is 354 g/mol. The normalized spacial score (nSPS) is 19.8. The Bertz CT molecular complexity index is 892. The number of aryl methyl sites for hydroxylation is 2. The summed E-state index contributed by atoms with van der Waals surface area (Å²) in [7, 11) is 0. The lowest BCUT2D eigenvalue weighted by Crippen LogP contribution is -2.11. The van der Waals surface area contributed by atoms with E-state index >= 15 is 0 Å². The Morgan fingerprint density at radius 1 is 0.593 bits per heavy atom. The van der Waals surface area contributed by atoms with E-state index in [2.05, 4.69) is 87.5 Å². The molecule has 0 radical (unpaired) electrons. The van der Waals surface area contributed by atoms with Crippen molar-refractivity contribution in [3.8, 4) is 22.3 Å². The molecule has 0 heteroatoms. The van der Waals surface area contributed by atoms with E-state index in [-0.39, 0.29) is 0 Å². The third-order valence-corrected chi connectivity index (χ3v) is 6.33. The average molecular weight is 355 g/mol. The SMILES string of the molecule is Cc1ccc(-c2ccc(-c3ccc(C4CCC(C)CC4)c(C)c3)cc2)cc1. The minimum Gasteiger partial charge on any atom is -0.0625 e. The molecule has 0 heterocycles. The fraction of sp³-hybridized carbons (Fsp3) is 0.333. The number of hydrogen-bond donors (Lipinski definition) is 0. The first-order valence-corrected chi connectivity index (χ1v) is 10.4. The van der Waals surface area contributed by atoms with Crippen LogP contribution in [0.25, 0.3) is 22.3 Å². The van der Waals surface area contributed by atoms with Crippen LogP contribution < -0.4 is 0 Å². The Hall–Kier alpha value is -2.34. The van der Waals surface area contributed by atoms with Crippen LogP contribution in [0.3, 0.4) is 0 Å². The van der Waals surface area contributed by atoms with E-state index in [9.17, 15) is 0 Å². The zero-order valence-electron chi connectivity index (χ0n) is 16.8. The van der Waals surface area contributed by atoms with Gasteiger partial charge in [0, 0.05) is 0 Å². The Kier molecular flexibility index (Phi) is 5.16. The third kappa shape index (κ3) is 4.00. The Labute approximate surface area is 164 Å². The summed E-state index contributed by atoms with van der Waals surface area (Å²) >= 11 is 0. The van der Waals surface area contributed by atoms with Crippen molar-refractivity contribution >= 4 is 0 Å². The summed E-state index contributed by atoms with van der Waals surface area (Å²) in [5.74, 6) is 1.67. The van der Waals surface area contributed by atoms with Gasteiger partial charge in [0.15, 0.2) is 0 Å². The van der Waals surface area contributed by atoms with Gasteiger partial charge in [-0.1, -0.05) is 92.1 Å². The van der Waals surface area contributed by atoms with E-state index in [0.29, 0.717) is 0 Å². The molecular weight excluding hydrogens is 324 g/mol. The van der Waals surface area contributed by atoms with Crippen molar-refractivity contribution in [3.05, 3.63) is 83.4 Å². The molecule has 3 aromatic carbocycles. The maximum atomic E-state index is 2.40. The van der Waals surface area contributed by atoms with Crippen molar-refractivity contribution in [2.24, 2.45) is 5.92 Å². The first-order valence-electron chi connectivity index (χ1n) is 10.4. The largest absolute Gasteiger partial charge is 0.0625 e. The van der Waals surface area contributed by atoms with Gasteiger partial charge in [-0.2, -0.15) is 0 Å². The Morgan fingerprint density at radius 2 is 1.07 bits per heavy atom. The lowest BCUT2D eigenvalue weighted by molar-refractivity contribution is 0.347. The van der Waals surface area contributed by atoms with E-state index in [1.54, 1.807) is 5.56 Å². The summed E-state index contributed by atoms with van der Waals surface area (Å²) in [5.41, 5.74) is 9.53. The molecule has 0 bridgehead atoms. The summed E-state index contributed by atoms with van der Waals surface area (Å²) in [4.78, 5) is 0. The lowest BCUT2D eigenvalue weighted by Gasteiger charge is -2.27. The maximum absolute atomic E-state index is 2.40. The molecule has 4 rings (SSSR count). The number of rotatable bonds is 3. The quantitative estimate of drug-likeness (QED) is 0.448. The summed E-state index contributed by atoms with van der Waals surface area (Å²) in [5, 5.41) is 0. The van der Waals surface area contributed by atoms with Crippen molar-refractivity contribution in [2.75, 3.05) is 0 Å². The van der Waals surface area contributed by atoms with E-state index in [4.69, 9.17) is 0 Å². The Morgan fingerprint density at radius 3 is 1.63 bits per heavy atom. The van der Waals surface area contributed by atoms with Crippen LogP contribution in [0.5, 0.6) is 0 Å². The first kappa shape index (κ1) is 18.0. The van der Waals surface area contributed by atoms with Gasteiger partial charge in [-0.25, -0.2) is 0 Å². The fourth-order valence-electron chi connectivity index (χ4n) is 4.49. The van der Waals surface area contributed by atoms with Gasteiger partial charge in [-0.15, -0.1) is 0 Å². The second-order valence-electron chi connectivity index (χ2n) is 8.47. The smallest absolute Gasteiger partial charge is 0.0159 e. The molecule has 0 spiro atoms. The van der Waals surface area contributed by atoms with Crippen LogP contribution in [-0.2, 0) is 0 Å². The fourth-order valence-corrected chi connectivity index (χ4v) is 4.49. The summed E-state index contributed by atoms with van der Waals surface area (Å²) in [6, 6.07) is 24.8. The Balaban J connectivity index is 1.55. The molecular formula is C27H30. The highest BCUT2D eigenvalue weighted by Gasteiger charge is 2.21. The molecule has 0 atom stereocenters. The molecule has 138 valence electrons. The van der Waals surface area contributed by atoms with Gasteiger partial charge in [0.05, 0.1) is 0 Å².